The van der Waals surface area contributed by atoms with Crippen LogP contribution in [-0.2, 0) is 4.79 Å². The number of halogens is 3. The predicted octanol–water partition coefficient (Wildman–Crippen LogP) is 3.91. The molecule has 3 nitrogen and oxygen atoms in total. The maximum absolute atomic E-state index is 12.0. The molecule has 1 rings (SSSR count). The van der Waals surface area contributed by atoms with E-state index in [1.807, 2.05) is 0 Å². The Balaban J connectivity index is 2.65. The van der Waals surface area contributed by atoms with Crippen molar-refractivity contribution in [1.29, 1.82) is 0 Å². The van der Waals surface area contributed by atoms with Gasteiger partial charge in [-0.15, -0.1) is 11.6 Å². The van der Waals surface area contributed by atoms with E-state index in [-0.39, 0.29) is 0 Å². The highest BCUT2D eigenvalue weighted by atomic mass is 35.5. The first-order chi connectivity index (χ1) is 9.54. The molecule has 1 aromatic carbocycles. The van der Waals surface area contributed by atoms with E-state index in [2.05, 4.69) is 0 Å². The molecule has 6 heteroatoms. The van der Waals surface area contributed by atoms with Crippen molar-refractivity contribution in [3.05, 3.63) is 29.8 Å². The lowest BCUT2D eigenvalue weighted by atomic mass is 9.94. The first-order valence-electron chi connectivity index (χ1n) is 6.34. The van der Waals surface area contributed by atoms with Crippen molar-refractivity contribution in [2.24, 2.45) is 0 Å². The van der Waals surface area contributed by atoms with E-state index in [0.29, 0.717) is 23.6 Å². The molecule has 1 unspecified atom stereocenters. The number of hydrogen-bond donors (Lipinski definition) is 1. The second-order valence-electron chi connectivity index (χ2n) is 4.35. The Morgan fingerprint density at radius 2 is 1.90 bits per heavy atom. The molecule has 0 fully saturated rings. The number of alkyl halides is 3. The standard InChI is InChI=1S/C14H17ClF2O3/c15-8-2-1-3-12(14(18)19)10-4-6-11(7-5-10)20-9-13(16)17/h4-7,12-13H,1-3,8-9H2,(H,18,19). The van der Waals surface area contributed by atoms with Gasteiger partial charge in [-0.2, -0.15) is 0 Å². The zero-order valence-corrected chi connectivity index (χ0v) is 11.7. The fraction of sp³-hybridized carbons (Fsp3) is 0.500. The molecule has 20 heavy (non-hydrogen) atoms. The van der Waals surface area contributed by atoms with E-state index in [4.69, 9.17) is 16.3 Å². The van der Waals surface area contributed by atoms with Gasteiger partial charge in [0.05, 0.1) is 5.92 Å². The number of benzene rings is 1. The second kappa shape index (κ2) is 8.74. The van der Waals surface area contributed by atoms with Gasteiger partial charge in [0.1, 0.15) is 12.4 Å². The molecule has 0 radical (unpaired) electrons. The van der Waals surface area contributed by atoms with E-state index in [1.165, 1.54) is 12.1 Å². The zero-order chi connectivity index (χ0) is 15.0. The smallest absolute Gasteiger partial charge is 0.310 e. The van der Waals surface area contributed by atoms with Gasteiger partial charge >= 0.3 is 5.97 Å². The number of rotatable bonds is 9. The van der Waals surface area contributed by atoms with Crippen LogP contribution in [0.2, 0.25) is 0 Å². The molecule has 1 aromatic rings. The lowest BCUT2D eigenvalue weighted by molar-refractivity contribution is -0.139. The average molecular weight is 307 g/mol. The van der Waals surface area contributed by atoms with Crippen LogP contribution in [0.5, 0.6) is 5.75 Å². The van der Waals surface area contributed by atoms with Crippen LogP contribution in [0.3, 0.4) is 0 Å². The van der Waals surface area contributed by atoms with Crippen molar-refractivity contribution in [2.45, 2.75) is 31.6 Å². The maximum atomic E-state index is 12.0. The minimum Gasteiger partial charge on any atom is -0.488 e. The fourth-order valence-electron chi connectivity index (χ4n) is 1.83. The lowest BCUT2D eigenvalue weighted by Crippen LogP contribution is -2.12. The minimum absolute atomic E-state index is 0.305. The van der Waals surface area contributed by atoms with Gasteiger partial charge in [0, 0.05) is 5.88 Å². The summed E-state index contributed by atoms with van der Waals surface area (Å²) in [5.74, 6) is -0.700. The zero-order valence-electron chi connectivity index (χ0n) is 10.9. The van der Waals surface area contributed by atoms with Crippen molar-refractivity contribution < 1.29 is 23.4 Å². The van der Waals surface area contributed by atoms with E-state index < -0.39 is 24.9 Å². The summed E-state index contributed by atoms with van der Waals surface area (Å²) in [5.41, 5.74) is 0.636. The summed E-state index contributed by atoms with van der Waals surface area (Å²) in [7, 11) is 0. The van der Waals surface area contributed by atoms with E-state index >= 15 is 0 Å². The minimum atomic E-state index is -2.53. The predicted molar refractivity (Wildman–Crippen MR) is 72.9 cm³/mol. The molecule has 1 N–H and O–H groups in total. The van der Waals surface area contributed by atoms with Crippen molar-refractivity contribution >= 4 is 17.6 Å². The van der Waals surface area contributed by atoms with Gasteiger partial charge in [-0.25, -0.2) is 8.78 Å². The van der Waals surface area contributed by atoms with E-state index in [9.17, 15) is 18.7 Å². The molecule has 0 bridgehead atoms. The van der Waals surface area contributed by atoms with Crippen LogP contribution in [0.1, 0.15) is 30.7 Å². The number of hydrogen-bond acceptors (Lipinski definition) is 2. The largest absolute Gasteiger partial charge is 0.488 e. The highest BCUT2D eigenvalue weighted by Crippen LogP contribution is 2.25. The van der Waals surface area contributed by atoms with Crippen LogP contribution in [0, 0.1) is 0 Å². The number of unbranched alkanes of at least 4 members (excludes halogenated alkanes) is 1. The van der Waals surface area contributed by atoms with Crippen LogP contribution in [-0.4, -0.2) is 30.0 Å². The monoisotopic (exact) mass is 306 g/mol. The van der Waals surface area contributed by atoms with Gasteiger partial charge in [-0.1, -0.05) is 18.6 Å². The Labute approximate surface area is 121 Å². The molecule has 0 saturated carbocycles. The molecule has 0 saturated heterocycles. The molecule has 0 heterocycles. The second-order valence-corrected chi connectivity index (χ2v) is 4.72. The third-order valence-electron chi connectivity index (χ3n) is 2.83. The third-order valence-corrected chi connectivity index (χ3v) is 3.10. The Hall–Kier alpha value is -1.36. The summed E-state index contributed by atoms with van der Waals surface area (Å²) < 4.78 is 28.8. The molecule has 0 spiro atoms. The van der Waals surface area contributed by atoms with E-state index in [0.717, 1.165) is 12.8 Å². The number of ether oxygens (including phenoxy) is 1. The van der Waals surface area contributed by atoms with Crippen molar-refractivity contribution in [3.8, 4) is 5.75 Å². The number of aliphatic carboxylic acids is 1. The van der Waals surface area contributed by atoms with Crippen LogP contribution in [0.25, 0.3) is 0 Å². The molecule has 0 aromatic heterocycles. The normalized spacial score (nSPS) is 12.4. The number of carboxylic acid groups (broad SMARTS) is 1. The maximum Gasteiger partial charge on any atom is 0.310 e. The van der Waals surface area contributed by atoms with Gasteiger partial charge in [0.15, 0.2) is 0 Å². The van der Waals surface area contributed by atoms with Crippen molar-refractivity contribution in [1.82, 2.24) is 0 Å². The third kappa shape index (κ3) is 5.74. The Bertz CT molecular complexity index is 409. The Morgan fingerprint density at radius 1 is 1.25 bits per heavy atom. The SMILES string of the molecule is O=C(O)C(CCCCCl)c1ccc(OCC(F)F)cc1. The number of carboxylic acids is 1. The van der Waals surface area contributed by atoms with Gasteiger partial charge in [0.25, 0.3) is 6.43 Å². The summed E-state index contributed by atoms with van der Waals surface area (Å²) >= 11 is 5.57. The highest BCUT2D eigenvalue weighted by Gasteiger charge is 2.19. The highest BCUT2D eigenvalue weighted by molar-refractivity contribution is 6.17. The lowest BCUT2D eigenvalue weighted by Gasteiger charge is -2.13. The molecular formula is C14H17ClF2O3. The molecule has 0 aliphatic carbocycles. The van der Waals surface area contributed by atoms with Gasteiger partial charge in [-0.05, 0) is 30.5 Å². The summed E-state index contributed by atoms with van der Waals surface area (Å²) in [6.45, 7) is -0.669. The molecular weight excluding hydrogens is 290 g/mol. The van der Waals surface area contributed by atoms with Crippen LogP contribution in [0.15, 0.2) is 24.3 Å². The van der Waals surface area contributed by atoms with Crippen LogP contribution >= 0.6 is 11.6 Å². The van der Waals surface area contributed by atoms with Crippen LogP contribution < -0.4 is 4.74 Å². The number of carbonyl (C=O) groups is 1. The van der Waals surface area contributed by atoms with Gasteiger partial charge in [-0.3, -0.25) is 4.79 Å². The first kappa shape index (κ1) is 16.7. The van der Waals surface area contributed by atoms with Crippen LogP contribution in [0.4, 0.5) is 8.78 Å². The summed E-state index contributed by atoms with van der Waals surface area (Å²) in [4.78, 5) is 11.2. The van der Waals surface area contributed by atoms with Crippen molar-refractivity contribution in [3.63, 3.8) is 0 Å². The molecule has 0 amide bonds. The topological polar surface area (TPSA) is 46.5 Å². The Kier molecular flexibility index (Phi) is 7.30. The molecule has 0 aliphatic rings. The molecule has 1 atom stereocenters. The van der Waals surface area contributed by atoms with Gasteiger partial charge < -0.3 is 9.84 Å². The van der Waals surface area contributed by atoms with Crippen molar-refractivity contribution in [2.75, 3.05) is 12.5 Å². The quantitative estimate of drug-likeness (QED) is 0.556. The fourth-order valence-corrected chi connectivity index (χ4v) is 2.02. The molecule has 112 valence electrons. The van der Waals surface area contributed by atoms with Gasteiger partial charge in [0.2, 0.25) is 0 Å². The Morgan fingerprint density at radius 3 is 2.40 bits per heavy atom. The average Bonchev–Trinajstić information content (AvgIpc) is 2.42. The summed E-state index contributed by atoms with van der Waals surface area (Å²) in [6, 6.07) is 6.21. The first-order valence-corrected chi connectivity index (χ1v) is 6.87. The summed E-state index contributed by atoms with van der Waals surface area (Å²) in [5, 5.41) is 9.21. The van der Waals surface area contributed by atoms with E-state index in [1.54, 1.807) is 12.1 Å². The summed E-state index contributed by atoms with van der Waals surface area (Å²) in [6.07, 6.45) is -0.540. The molecule has 0 aliphatic heterocycles.